The Labute approximate surface area is 178 Å². The minimum atomic E-state index is -0.505. The minimum absolute atomic E-state index is 0.146. The van der Waals surface area contributed by atoms with E-state index in [4.69, 9.17) is 21.7 Å². The second kappa shape index (κ2) is 8.33. The molecule has 1 aliphatic heterocycles. The van der Waals surface area contributed by atoms with E-state index in [-0.39, 0.29) is 16.2 Å². The lowest BCUT2D eigenvalue weighted by atomic mass is 9.90. The van der Waals surface area contributed by atoms with Gasteiger partial charge in [0.2, 0.25) is 5.88 Å². The van der Waals surface area contributed by atoms with Crippen molar-refractivity contribution in [3.05, 3.63) is 79.8 Å². The summed E-state index contributed by atoms with van der Waals surface area (Å²) in [5.41, 5.74) is 2.68. The fraction of sp³-hybridized carbons (Fsp3) is 0.273. The molecule has 156 valence electrons. The first-order chi connectivity index (χ1) is 14.5. The van der Waals surface area contributed by atoms with Crippen LogP contribution in [0.5, 0.6) is 17.4 Å². The standard InChI is InChI=1S/C22H23N3O4S/c1-28-16-10-14-8-9-23-19(15(14)11-17(16)29-2)18-20(26)24-22(30)25(21(18)27)12-13-6-4-3-5-7-13/h3-7,10-11,19,23,27H,8-9,12H2,1-2H3,(H,24,26,30)/t19-/m1/s1. The van der Waals surface area contributed by atoms with Crippen molar-refractivity contribution in [2.75, 3.05) is 20.8 Å². The molecule has 1 aromatic heterocycles. The average molecular weight is 426 g/mol. The van der Waals surface area contributed by atoms with Gasteiger partial charge in [0.15, 0.2) is 16.3 Å². The number of aromatic nitrogens is 2. The van der Waals surface area contributed by atoms with E-state index in [0.29, 0.717) is 24.6 Å². The molecule has 0 spiro atoms. The number of ether oxygens (including phenoxy) is 2. The molecule has 3 aromatic rings. The van der Waals surface area contributed by atoms with Crippen LogP contribution in [0.15, 0.2) is 47.3 Å². The van der Waals surface area contributed by atoms with Crippen LogP contribution in [0.1, 0.15) is 28.3 Å². The predicted octanol–water partition coefficient (Wildman–Crippen LogP) is 2.91. The van der Waals surface area contributed by atoms with Crippen LogP contribution in [0.25, 0.3) is 0 Å². The van der Waals surface area contributed by atoms with Crippen LogP contribution in [0.3, 0.4) is 0 Å². The van der Waals surface area contributed by atoms with Gasteiger partial charge in [0.25, 0.3) is 5.56 Å². The van der Waals surface area contributed by atoms with Gasteiger partial charge in [0.1, 0.15) is 0 Å². The molecule has 0 bridgehead atoms. The highest BCUT2D eigenvalue weighted by Gasteiger charge is 2.29. The Bertz CT molecular complexity index is 1190. The SMILES string of the molecule is COc1cc2c(cc1OC)[C@H](c1c(O)n(Cc3ccccc3)c(=S)[nH]c1=O)NCC2. The molecule has 7 nitrogen and oxygen atoms in total. The normalized spacial score (nSPS) is 15.5. The number of hydrogen-bond acceptors (Lipinski definition) is 6. The van der Waals surface area contributed by atoms with Crippen LogP contribution in [0, 0.1) is 4.77 Å². The Morgan fingerprint density at radius 2 is 1.87 bits per heavy atom. The fourth-order valence-corrected chi connectivity index (χ4v) is 4.13. The van der Waals surface area contributed by atoms with Gasteiger partial charge >= 0.3 is 0 Å². The number of H-pyrrole nitrogens is 1. The summed E-state index contributed by atoms with van der Waals surface area (Å²) in [6.07, 6.45) is 0.772. The maximum Gasteiger partial charge on any atom is 0.260 e. The first kappa shape index (κ1) is 20.2. The second-order valence-electron chi connectivity index (χ2n) is 7.11. The Hall–Kier alpha value is -3.10. The number of methoxy groups -OCH3 is 2. The van der Waals surface area contributed by atoms with Crippen LogP contribution < -0.4 is 20.3 Å². The Kier molecular flexibility index (Phi) is 5.61. The molecule has 0 aliphatic carbocycles. The molecule has 0 fully saturated rings. The maximum atomic E-state index is 12.9. The molecule has 1 aliphatic rings. The third-order valence-corrected chi connectivity index (χ3v) is 5.70. The lowest BCUT2D eigenvalue weighted by molar-refractivity contribution is 0.352. The van der Waals surface area contributed by atoms with E-state index in [2.05, 4.69) is 10.3 Å². The zero-order valence-electron chi connectivity index (χ0n) is 16.8. The summed E-state index contributed by atoms with van der Waals surface area (Å²) >= 11 is 5.33. The number of fused-ring (bicyclic) bond motifs is 1. The Morgan fingerprint density at radius 3 is 2.57 bits per heavy atom. The summed E-state index contributed by atoms with van der Waals surface area (Å²) in [6.45, 7) is 1.00. The lowest BCUT2D eigenvalue weighted by Crippen LogP contribution is -2.35. The average Bonchev–Trinajstić information content (AvgIpc) is 2.76. The summed E-state index contributed by atoms with van der Waals surface area (Å²) in [6, 6.07) is 12.9. The molecule has 0 radical (unpaired) electrons. The molecule has 0 saturated carbocycles. The smallest absolute Gasteiger partial charge is 0.260 e. The highest BCUT2D eigenvalue weighted by molar-refractivity contribution is 7.71. The summed E-state index contributed by atoms with van der Waals surface area (Å²) in [5.74, 6) is 1.06. The first-order valence-electron chi connectivity index (χ1n) is 9.61. The topological polar surface area (TPSA) is 88.5 Å². The van der Waals surface area contributed by atoms with E-state index in [1.165, 1.54) is 4.57 Å². The van der Waals surface area contributed by atoms with Crippen molar-refractivity contribution in [3.63, 3.8) is 0 Å². The number of aromatic amines is 1. The molecule has 3 N–H and O–H groups in total. The largest absolute Gasteiger partial charge is 0.494 e. The Balaban J connectivity index is 1.85. The molecule has 0 saturated heterocycles. The Morgan fingerprint density at radius 1 is 1.17 bits per heavy atom. The zero-order chi connectivity index (χ0) is 21.3. The van der Waals surface area contributed by atoms with Gasteiger partial charge in [-0.1, -0.05) is 30.3 Å². The molecule has 30 heavy (non-hydrogen) atoms. The maximum absolute atomic E-state index is 12.9. The first-order valence-corrected chi connectivity index (χ1v) is 10.0. The van der Waals surface area contributed by atoms with Crippen molar-refractivity contribution in [2.24, 2.45) is 0 Å². The number of rotatable bonds is 5. The molecular formula is C22H23N3O4S. The molecule has 4 rings (SSSR count). The highest BCUT2D eigenvalue weighted by atomic mass is 32.1. The lowest BCUT2D eigenvalue weighted by Gasteiger charge is -2.29. The minimum Gasteiger partial charge on any atom is -0.494 e. The molecule has 1 atom stereocenters. The number of nitrogens with zero attached hydrogens (tertiary/aromatic N) is 1. The van der Waals surface area contributed by atoms with Crippen molar-refractivity contribution < 1.29 is 14.6 Å². The summed E-state index contributed by atoms with van der Waals surface area (Å²) in [5, 5.41) is 14.4. The number of aromatic hydroxyl groups is 1. The van der Waals surface area contributed by atoms with Crippen LogP contribution in [0.4, 0.5) is 0 Å². The van der Waals surface area contributed by atoms with Crippen LogP contribution in [0.2, 0.25) is 0 Å². The van der Waals surface area contributed by atoms with Crippen LogP contribution >= 0.6 is 12.2 Å². The van der Waals surface area contributed by atoms with Gasteiger partial charge in [-0.2, -0.15) is 0 Å². The summed E-state index contributed by atoms with van der Waals surface area (Å²) in [4.78, 5) is 15.6. The van der Waals surface area contributed by atoms with Crippen molar-refractivity contribution in [1.82, 2.24) is 14.9 Å². The summed E-state index contributed by atoms with van der Waals surface area (Å²) < 4.78 is 12.6. The fourth-order valence-electron chi connectivity index (χ4n) is 3.89. The molecule has 2 aromatic carbocycles. The van der Waals surface area contributed by atoms with E-state index in [1.54, 1.807) is 14.2 Å². The van der Waals surface area contributed by atoms with Gasteiger partial charge in [0.05, 0.1) is 32.4 Å². The third kappa shape index (κ3) is 3.59. The number of hydrogen-bond donors (Lipinski definition) is 3. The van der Waals surface area contributed by atoms with Crippen LogP contribution in [-0.2, 0) is 13.0 Å². The molecule has 2 heterocycles. The van der Waals surface area contributed by atoms with Crippen molar-refractivity contribution in [2.45, 2.75) is 19.0 Å². The van der Waals surface area contributed by atoms with Gasteiger partial charge in [-0.05, 0) is 47.5 Å². The van der Waals surface area contributed by atoms with Gasteiger partial charge < -0.3 is 19.9 Å². The molecule has 0 unspecified atom stereocenters. The van der Waals surface area contributed by atoms with Crippen molar-refractivity contribution in [1.29, 1.82) is 0 Å². The van der Waals surface area contributed by atoms with E-state index in [1.807, 2.05) is 42.5 Å². The monoisotopic (exact) mass is 425 g/mol. The zero-order valence-corrected chi connectivity index (χ0v) is 17.6. The van der Waals surface area contributed by atoms with E-state index < -0.39 is 11.6 Å². The van der Waals surface area contributed by atoms with Crippen molar-refractivity contribution in [3.8, 4) is 17.4 Å². The predicted molar refractivity (Wildman–Crippen MR) is 116 cm³/mol. The van der Waals surface area contributed by atoms with Gasteiger partial charge in [-0.3, -0.25) is 14.3 Å². The quantitative estimate of drug-likeness (QED) is 0.545. The summed E-state index contributed by atoms with van der Waals surface area (Å²) in [7, 11) is 3.16. The van der Waals surface area contributed by atoms with E-state index >= 15 is 0 Å². The van der Waals surface area contributed by atoms with Gasteiger partial charge in [0, 0.05) is 6.54 Å². The third-order valence-electron chi connectivity index (χ3n) is 5.38. The van der Waals surface area contributed by atoms with E-state index in [0.717, 1.165) is 23.1 Å². The second-order valence-corrected chi connectivity index (χ2v) is 7.50. The number of benzene rings is 2. The van der Waals surface area contributed by atoms with E-state index in [9.17, 15) is 9.90 Å². The molecule has 8 heteroatoms. The molecule has 0 amide bonds. The van der Waals surface area contributed by atoms with Crippen molar-refractivity contribution >= 4 is 12.2 Å². The number of nitrogens with one attached hydrogen (secondary N) is 2. The highest BCUT2D eigenvalue weighted by Crippen LogP contribution is 2.38. The van der Waals surface area contributed by atoms with Crippen LogP contribution in [-0.4, -0.2) is 35.4 Å². The van der Waals surface area contributed by atoms with Gasteiger partial charge in [-0.25, -0.2) is 0 Å². The van der Waals surface area contributed by atoms with Gasteiger partial charge in [-0.15, -0.1) is 0 Å². The molecular weight excluding hydrogens is 402 g/mol.